The number of benzene rings is 1. The quantitative estimate of drug-likeness (QED) is 0.759. The van der Waals surface area contributed by atoms with E-state index in [0.29, 0.717) is 22.8 Å². The zero-order valence-electron chi connectivity index (χ0n) is 13.2. The SMILES string of the molecule is COc1cc(-c2nnc(S[C@@H](C)C(N)=O)o2)cc(OC)c1OC. The van der Waals surface area contributed by atoms with E-state index < -0.39 is 11.2 Å². The van der Waals surface area contributed by atoms with Crippen molar-refractivity contribution in [2.24, 2.45) is 5.73 Å². The molecule has 124 valence electrons. The zero-order valence-corrected chi connectivity index (χ0v) is 14.0. The molecule has 0 aliphatic rings. The van der Waals surface area contributed by atoms with Crippen LogP contribution < -0.4 is 19.9 Å². The summed E-state index contributed by atoms with van der Waals surface area (Å²) in [7, 11) is 4.56. The lowest BCUT2D eigenvalue weighted by molar-refractivity contribution is -0.117. The second-order valence-corrected chi connectivity index (χ2v) is 5.74. The molecule has 1 aromatic heterocycles. The van der Waals surface area contributed by atoms with E-state index in [1.807, 2.05) is 0 Å². The van der Waals surface area contributed by atoms with Gasteiger partial charge in [0.05, 0.1) is 26.6 Å². The van der Waals surface area contributed by atoms with E-state index in [1.165, 1.54) is 21.3 Å². The molecule has 0 bridgehead atoms. The minimum atomic E-state index is -0.469. The number of aromatic nitrogens is 2. The lowest BCUT2D eigenvalue weighted by atomic mass is 10.2. The van der Waals surface area contributed by atoms with Gasteiger partial charge in [-0.3, -0.25) is 4.79 Å². The topological polar surface area (TPSA) is 110 Å². The number of methoxy groups -OCH3 is 3. The van der Waals surface area contributed by atoms with Gasteiger partial charge in [-0.15, -0.1) is 10.2 Å². The van der Waals surface area contributed by atoms with Gasteiger partial charge in [0.2, 0.25) is 17.5 Å². The van der Waals surface area contributed by atoms with Gasteiger partial charge in [0.25, 0.3) is 5.22 Å². The van der Waals surface area contributed by atoms with Crippen LogP contribution in [-0.4, -0.2) is 42.7 Å². The molecule has 23 heavy (non-hydrogen) atoms. The van der Waals surface area contributed by atoms with E-state index in [0.717, 1.165) is 11.8 Å². The normalized spacial score (nSPS) is 11.8. The molecule has 0 fully saturated rings. The van der Waals surface area contributed by atoms with Crippen molar-refractivity contribution < 1.29 is 23.4 Å². The Morgan fingerprint density at radius 1 is 1.17 bits per heavy atom. The Labute approximate surface area is 137 Å². The number of hydrogen-bond acceptors (Lipinski definition) is 8. The van der Waals surface area contributed by atoms with Gasteiger partial charge < -0.3 is 24.4 Å². The molecule has 1 atom stereocenters. The van der Waals surface area contributed by atoms with Crippen LogP contribution in [0.3, 0.4) is 0 Å². The van der Waals surface area contributed by atoms with E-state index in [4.69, 9.17) is 24.4 Å². The molecule has 0 saturated heterocycles. The van der Waals surface area contributed by atoms with Gasteiger partial charge in [-0.25, -0.2) is 0 Å². The number of ether oxygens (including phenoxy) is 3. The Hall–Kier alpha value is -2.42. The van der Waals surface area contributed by atoms with Crippen LogP contribution in [0.25, 0.3) is 11.5 Å². The van der Waals surface area contributed by atoms with Gasteiger partial charge in [0, 0.05) is 5.56 Å². The van der Waals surface area contributed by atoms with Crippen molar-refractivity contribution in [3.05, 3.63) is 12.1 Å². The summed E-state index contributed by atoms with van der Waals surface area (Å²) in [6.07, 6.45) is 0. The van der Waals surface area contributed by atoms with Crippen molar-refractivity contribution in [1.29, 1.82) is 0 Å². The minimum Gasteiger partial charge on any atom is -0.493 e. The van der Waals surface area contributed by atoms with Crippen LogP contribution >= 0.6 is 11.8 Å². The molecule has 1 amide bonds. The third kappa shape index (κ3) is 3.67. The molecule has 2 aromatic rings. The standard InChI is InChI=1S/C14H17N3O5S/c1-7(12(15)18)23-14-17-16-13(22-14)8-5-9(19-2)11(21-4)10(6-8)20-3/h5-7H,1-4H3,(H2,15,18)/t7-/m0/s1. The first-order valence-electron chi connectivity index (χ1n) is 6.60. The third-order valence-corrected chi connectivity index (χ3v) is 3.95. The van der Waals surface area contributed by atoms with Gasteiger partial charge in [-0.1, -0.05) is 11.8 Å². The van der Waals surface area contributed by atoms with Crippen molar-refractivity contribution in [1.82, 2.24) is 10.2 Å². The molecule has 0 aliphatic carbocycles. The Morgan fingerprint density at radius 3 is 2.26 bits per heavy atom. The second-order valence-electron chi connectivity index (χ2n) is 4.45. The average molecular weight is 339 g/mol. The van der Waals surface area contributed by atoms with Gasteiger partial charge in [-0.05, 0) is 19.1 Å². The van der Waals surface area contributed by atoms with Crippen LogP contribution in [0.2, 0.25) is 0 Å². The van der Waals surface area contributed by atoms with Crippen LogP contribution in [0.1, 0.15) is 6.92 Å². The molecule has 9 heteroatoms. The second kappa shape index (κ2) is 7.23. The molecular formula is C14H17N3O5S. The van der Waals surface area contributed by atoms with Crippen LogP contribution in [0.15, 0.2) is 21.8 Å². The van der Waals surface area contributed by atoms with Crippen LogP contribution in [-0.2, 0) is 4.79 Å². The number of hydrogen-bond donors (Lipinski definition) is 1. The van der Waals surface area contributed by atoms with Gasteiger partial charge in [0.1, 0.15) is 0 Å². The van der Waals surface area contributed by atoms with Crippen LogP contribution in [0.5, 0.6) is 17.2 Å². The number of thioether (sulfide) groups is 1. The summed E-state index contributed by atoms with van der Waals surface area (Å²) in [6.45, 7) is 1.66. The van der Waals surface area contributed by atoms with E-state index in [9.17, 15) is 4.79 Å². The van der Waals surface area contributed by atoms with E-state index in [-0.39, 0.29) is 11.1 Å². The van der Waals surface area contributed by atoms with E-state index >= 15 is 0 Å². The maximum absolute atomic E-state index is 11.1. The molecular weight excluding hydrogens is 322 g/mol. The minimum absolute atomic E-state index is 0.250. The number of rotatable bonds is 7. The summed E-state index contributed by atoms with van der Waals surface area (Å²) in [5.41, 5.74) is 5.82. The average Bonchev–Trinajstić information content (AvgIpc) is 3.01. The number of carbonyl (C=O) groups is 1. The predicted octanol–water partition coefficient (Wildman–Crippen LogP) is 1.73. The third-order valence-electron chi connectivity index (χ3n) is 3.00. The number of primary amides is 1. The molecule has 1 aromatic carbocycles. The summed E-state index contributed by atoms with van der Waals surface area (Å²) < 4.78 is 21.4. The smallest absolute Gasteiger partial charge is 0.277 e. The fourth-order valence-electron chi connectivity index (χ4n) is 1.79. The lowest BCUT2D eigenvalue weighted by Crippen LogP contribution is -2.22. The molecule has 0 saturated carbocycles. The molecule has 0 aliphatic heterocycles. The summed E-state index contributed by atoms with van der Waals surface area (Å²) in [5, 5.41) is 7.64. The van der Waals surface area contributed by atoms with Crippen molar-refractivity contribution in [2.45, 2.75) is 17.4 Å². The molecule has 8 nitrogen and oxygen atoms in total. The van der Waals surface area contributed by atoms with E-state index in [1.54, 1.807) is 19.1 Å². The van der Waals surface area contributed by atoms with Crippen LogP contribution in [0.4, 0.5) is 0 Å². The first kappa shape index (κ1) is 16.9. The monoisotopic (exact) mass is 339 g/mol. The summed E-state index contributed by atoms with van der Waals surface area (Å²) in [4.78, 5) is 11.1. The van der Waals surface area contributed by atoms with Gasteiger partial charge in [-0.2, -0.15) is 0 Å². The molecule has 0 spiro atoms. The Morgan fingerprint density at radius 2 is 1.78 bits per heavy atom. The molecule has 2 rings (SSSR count). The lowest BCUT2D eigenvalue weighted by Gasteiger charge is -2.12. The number of nitrogens with two attached hydrogens (primary N) is 1. The highest BCUT2D eigenvalue weighted by Gasteiger charge is 2.19. The maximum Gasteiger partial charge on any atom is 0.277 e. The highest BCUT2D eigenvalue weighted by atomic mass is 32.2. The molecule has 0 unspecified atom stereocenters. The Balaban J connectivity index is 2.35. The van der Waals surface area contributed by atoms with Crippen LogP contribution in [0, 0.1) is 0 Å². The van der Waals surface area contributed by atoms with E-state index in [2.05, 4.69) is 10.2 Å². The largest absolute Gasteiger partial charge is 0.493 e. The maximum atomic E-state index is 11.1. The van der Waals surface area contributed by atoms with Crippen molar-refractivity contribution in [3.63, 3.8) is 0 Å². The summed E-state index contributed by atoms with van der Waals surface area (Å²) in [5.74, 6) is 1.22. The first-order valence-corrected chi connectivity index (χ1v) is 7.48. The summed E-state index contributed by atoms with van der Waals surface area (Å²) >= 11 is 1.09. The molecule has 1 heterocycles. The Kier molecular flexibility index (Phi) is 5.32. The van der Waals surface area contributed by atoms with Gasteiger partial charge in [0.15, 0.2) is 11.5 Å². The van der Waals surface area contributed by atoms with Crippen molar-refractivity contribution in [3.8, 4) is 28.7 Å². The first-order chi connectivity index (χ1) is 11.0. The zero-order chi connectivity index (χ0) is 17.0. The van der Waals surface area contributed by atoms with Crippen molar-refractivity contribution in [2.75, 3.05) is 21.3 Å². The number of amides is 1. The number of nitrogens with zero attached hydrogens (tertiary/aromatic N) is 2. The van der Waals surface area contributed by atoms with Crippen molar-refractivity contribution >= 4 is 17.7 Å². The number of carbonyl (C=O) groups excluding carboxylic acids is 1. The molecule has 0 radical (unpaired) electrons. The predicted molar refractivity (Wildman–Crippen MR) is 83.9 cm³/mol. The fourth-order valence-corrected chi connectivity index (χ4v) is 2.42. The highest BCUT2D eigenvalue weighted by Crippen LogP contribution is 2.41. The fraction of sp³-hybridized carbons (Fsp3) is 0.357. The highest BCUT2D eigenvalue weighted by molar-refractivity contribution is 8.00. The Bertz CT molecular complexity index is 678. The molecule has 2 N–H and O–H groups in total. The summed E-state index contributed by atoms with van der Waals surface area (Å²) in [6, 6.07) is 3.39. The van der Waals surface area contributed by atoms with Gasteiger partial charge >= 0.3 is 0 Å².